The van der Waals surface area contributed by atoms with Crippen LogP contribution < -0.4 is 10.1 Å². The molecular weight excluding hydrogens is 312 g/mol. The van der Waals surface area contributed by atoms with E-state index in [0.29, 0.717) is 19.1 Å². The summed E-state index contributed by atoms with van der Waals surface area (Å²) in [5.41, 5.74) is 3.57. The highest BCUT2D eigenvalue weighted by molar-refractivity contribution is 5.76. The van der Waals surface area contributed by atoms with Gasteiger partial charge in [0.2, 0.25) is 5.91 Å². The van der Waals surface area contributed by atoms with E-state index in [4.69, 9.17) is 4.74 Å². The first-order chi connectivity index (χ1) is 12.1. The predicted molar refractivity (Wildman–Crippen MR) is 101 cm³/mol. The molecule has 0 aromatic heterocycles. The molecule has 0 bridgehead atoms. The fourth-order valence-corrected chi connectivity index (χ4v) is 3.09. The smallest absolute Gasteiger partial charge is 0.226 e. The number of rotatable bonds is 6. The van der Waals surface area contributed by atoms with E-state index >= 15 is 0 Å². The molecule has 3 rings (SSSR count). The highest BCUT2D eigenvalue weighted by Gasteiger charge is 2.25. The first-order valence-electron chi connectivity index (χ1n) is 8.91. The number of nitrogens with zero attached hydrogens (tertiary/aromatic N) is 1. The maximum absolute atomic E-state index is 12.4. The Balaban J connectivity index is 1.42. The molecule has 132 valence electrons. The quantitative estimate of drug-likeness (QED) is 0.871. The lowest BCUT2D eigenvalue weighted by Crippen LogP contribution is -2.32. The minimum atomic E-state index is 0.168. The first-order valence-corrected chi connectivity index (χ1v) is 8.91. The summed E-state index contributed by atoms with van der Waals surface area (Å²) in [6.45, 7) is 6.15. The van der Waals surface area contributed by atoms with Crippen molar-refractivity contribution in [3.63, 3.8) is 0 Å². The van der Waals surface area contributed by atoms with Crippen molar-refractivity contribution >= 4 is 11.6 Å². The SMILES string of the molecule is Cc1ccc(OCCC(=O)N2CCC(Nc3ccccc3)C2)cc1C. The summed E-state index contributed by atoms with van der Waals surface area (Å²) in [6.07, 6.45) is 1.41. The van der Waals surface area contributed by atoms with Crippen molar-refractivity contribution in [2.24, 2.45) is 0 Å². The van der Waals surface area contributed by atoms with Gasteiger partial charge in [-0.2, -0.15) is 0 Å². The Kier molecular flexibility index (Phi) is 5.59. The third-order valence-electron chi connectivity index (χ3n) is 4.75. The lowest BCUT2D eigenvalue weighted by Gasteiger charge is -2.18. The van der Waals surface area contributed by atoms with Gasteiger partial charge >= 0.3 is 0 Å². The molecule has 1 N–H and O–H groups in total. The number of anilines is 1. The molecule has 1 fully saturated rings. The summed E-state index contributed by atoms with van der Waals surface area (Å²) >= 11 is 0. The normalized spacial score (nSPS) is 16.7. The van der Waals surface area contributed by atoms with E-state index in [1.165, 1.54) is 11.1 Å². The highest BCUT2D eigenvalue weighted by atomic mass is 16.5. The van der Waals surface area contributed by atoms with Crippen molar-refractivity contribution in [3.05, 3.63) is 59.7 Å². The van der Waals surface area contributed by atoms with Gasteiger partial charge < -0.3 is 15.0 Å². The van der Waals surface area contributed by atoms with Gasteiger partial charge in [0.15, 0.2) is 0 Å². The standard InChI is InChI=1S/C21H26N2O2/c1-16-8-9-20(14-17(16)2)25-13-11-21(24)23-12-10-19(15-23)22-18-6-4-3-5-7-18/h3-9,14,19,22H,10-13,15H2,1-2H3. The molecule has 1 heterocycles. The zero-order chi connectivity index (χ0) is 17.6. The molecule has 0 aliphatic carbocycles. The van der Waals surface area contributed by atoms with Crippen LogP contribution in [0, 0.1) is 13.8 Å². The van der Waals surface area contributed by atoms with Crippen molar-refractivity contribution in [3.8, 4) is 5.75 Å². The Bertz CT molecular complexity index is 715. The Labute approximate surface area is 149 Å². The Morgan fingerprint density at radius 2 is 1.96 bits per heavy atom. The third kappa shape index (κ3) is 4.75. The summed E-state index contributed by atoms with van der Waals surface area (Å²) in [5, 5.41) is 3.49. The number of carbonyl (C=O) groups is 1. The minimum Gasteiger partial charge on any atom is -0.493 e. The van der Waals surface area contributed by atoms with Gasteiger partial charge in [-0.25, -0.2) is 0 Å². The summed E-state index contributed by atoms with van der Waals surface area (Å²) < 4.78 is 5.73. The van der Waals surface area contributed by atoms with Crippen molar-refractivity contribution in [1.29, 1.82) is 0 Å². The van der Waals surface area contributed by atoms with Gasteiger partial charge in [0.1, 0.15) is 5.75 Å². The van der Waals surface area contributed by atoms with Gasteiger partial charge in [-0.3, -0.25) is 4.79 Å². The topological polar surface area (TPSA) is 41.6 Å². The molecule has 2 aromatic carbocycles. The molecule has 4 nitrogen and oxygen atoms in total. The molecule has 0 saturated carbocycles. The van der Waals surface area contributed by atoms with Gasteiger partial charge in [0.25, 0.3) is 0 Å². The molecule has 1 amide bonds. The number of carbonyl (C=O) groups excluding carboxylic acids is 1. The van der Waals surface area contributed by atoms with Crippen LogP contribution in [-0.4, -0.2) is 36.5 Å². The van der Waals surface area contributed by atoms with E-state index in [-0.39, 0.29) is 5.91 Å². The number of hydrogen-bond acceptors (Lipinski definition) is 3. The Morgan fingerprint density at radius 3 is 2.72 bits per heavy atom. The molecule has 1 unspecified atom stereocenters. The van der Waals surface area contributed by atoms with Crippen LogP contribution in [-0.2, 0) is 4.79 Å². The predicted octanol–water partition coefficient (Wildman–Crippen LogP) is 3.79. The van der Waals surface area contributed by atoms with Crippen LogP contribution in [0.5, 0.6) is 5.75 Å². The zero-order valence-corrected chi connectivity index (χ0v) is 15.0. The molecule has 0 radical (unpaired) electrons. The maximum atomic E-state index is 12.4. The van der Waals surface area contributed by atoms with Crippen LogP contribution >= 0.6 is 0 Å². The van der Waals surface area contributed by atoms with Crippen LogP contribution in [0.25, 0.3) is 0 Å². The van der Waals surface area contributed by atoms with E-state index in [1.54, 1.807) is 0 Å². The van der Waals surface area contributed by atoms with Gasteiger partial charge in [-0.1, -0.05) is 24.3 Å². The lowest BCUT2D eigenvalue weighted by atomic mass is 10.1. The summed E-state index contributed by atoms with van der Waals surface area (Å²) in [6, 6.07) is 16.5. The minimum absolute atomic E-state index is 0.168. The summed E-state index contributed by atoms with van der Waals surface area (Å²) in [4.78, 5) is 14.3. The van der Waals surface area contributed by atoms with E-state index < -0.39 is 0 Å². The first kappa shape index (κ1) is 17.3. The third-order valence-corrected chi connectivity index (χ3v) is 4.75. The molecule has 1 atom stereocenters. The van der Waals surface area contributed by atoms with Crippen LogP contribution in [0.15, 0.2) is 48.5 Å². The van der Waals surface area contributed by atoms with Crippen molar-refractivity contribution < 1.29 is 9.53 Å². The Hall–Kier alpha value is -2.49. The molecule has 0 spiro atoms. The van der Waals surface area contributed by atoms with Crippen LogP contribution in [0.4, 0.5) is 5.69 Å². The van der Waals surface area contributed by atoms with Crippen molar-refractivity contribution in [2.45, 2.75) is 32.7 Å². The number of para-hydroxylation sites is 1. The molecule has 1 aliphatic rings. The summed E-state index contributed by atoms with van der Waals surface area (Å²) in [7, 11) is 0. The Morgan fingerprint density at radius 1 is 1.16 bits per heavy atom. The number of ether oxygens (including phenoxy) is 1. The fraction of sp³-hybridized carbons (Fsp3) is 0.381. The van der Waals surface area contributed by atoms with Gasteiger partial charge in [0, 0.05) is 24.8 Å². The number of benzene rings is 2. The summed E-state index contributed by atoms with van der Waals surface area (Å²) in [5.74, 6) is 1.00. The molecule has 25 heavy (non-hydrogen) atoms. The van der Waals surface area contributed by atoms with E-state index in [2.05, 4.69) is 31.3 Å². The lowest BCUT2D eigenvalue weighted by molar-refractivity contribution is -0.130. The second kappa shape index (κ2) is 8.06. The second-order valence-electron chi connectivity index (χ2n) is 6.68. The van der Waals surface area contributed by atoms with Gasteiger partial charge in [-0.15, -0.1) is 0 Å². The van der Waals surface area contributed by atoms with Gasteiger partial charge in [0.05, 0.1) is 13.0 Å². The van der Waals surface area contributed by atoms with Crippen molar-refractivity contribution in [2.75, 3.05) is 25.0 Å². The van der Waals surface area contributed by atoms with Crippen LogP contribution in [0.2, 0.25) is 0 Å². The molecule has 1 aliphatic heterocycles. The number of amides is 1. The van der Waals surface area contributed by atoms with Crippen molar-refractivity contribution in [1.82, 2.24) is 4.90 Å². The molecular formula is C21H26N2O2. The number of nitrogens with one attached hydrogen (secondary N) is 1. The van der Waals surface area contributed by atoms with Crippen LogP contribution in [0.1, 0.15) is 24.0 Å². The molecule has 1 saturated heterocycles. The number of likely N-dealkylation sites (tertiary alicyclic amines) is 1. The number of aryl methyl sites for hydroxylation is 2. The largest absolute Gasteiger partial charge is 0.493 e. The number of hydrogen-bond donors (Lipinski definition) is 1. The van der Waals surface area contributed by atoms with E-state index in [1.807, 2.05) is 41.3 Å². The van der Waals surface area contributed by atoms with E-state index in [0.717, 1.165) is 30.9 Å². The second-order valence-corrected chi connectivity index (χ2v) is 6.68. The molecule has 2 aromatic rings. The van der Waals surface area contributed by atoms with Gasteiger partial charge in [-0.05, 0) is 55.7 Å². The maximum Gasteiger partial charge on any atom is 0.226 e. The molecule has 4 heteroatoms. The van der Waals surface area contributed by atoms with E-state index in [9.17, 15) is 4.79 Å². The zero-order valence-electron chi connectivity index (χ0n) is 15.0. The average Bonchev–Trinajstić information content (AvgIpc) is 3.07. The monoisotopic (exact) mass is 338 g/mol. The average molecular weight is 338 g/mol. The fourth-order valence-electron chi connectivity index (χ4n) is 3.09. The van der Waals surface area contributed by atoms with Crippen LogP contribution in [0.3, 0.4) is 0 Å². The highest BCUT2D eigenvalue weighted by Crippen LogP contribution is 2.18.